The molecule has 7 N–H and O–H groups in total. The first kappa shape index (κ1) is 12.5. The van der Waals surface area contributed by atoms with E-state index in [0.717, 1.165) is 19.5 Å². The van der Waals surface area contributed by atoms with Crippen LogP contribution >= 0.6 is 0 Å². The van der Waals surface area contributed by atoms with Gasteiger partial charge in [0.25, 0.3) is 0 Å². The molecule has 0 saturated carbocycles. The maximum Gasteiger partial charge on any atom is 0.00461 e. The van der Waals surface area contributed by atoms with E-state index >= 15 is 0 Å². The van der Waals surface area contributed by atoms with Crippen LogP contribution < -0.4 is 22.5 Å². The molecule has 0 bridgehead atoms. The summed E-state index contributed by atoms with van der Waals surface area (Å²) in [5.74, 6) is 0. The first-order chi connectivity index (χ1) is 4.83. The van der Waals surface area contributed by atoms with Gasteiger partial charge in [0.05, 0.1) is 0 Å². The molecule has 4 nitrogen and oxygen atoms in total. The van der Waals surface area contributed by atoms with Crippen molar-refractivity contribution in [1.82, 2.24) is 5.32 Å². The van der Waals surface area contributed by atoms with E-state index in [-0.39, 0.29) is 0 Å². The molecule has 0 aliphatic carbocycles. The summed E-state index contributed by atoms with van der Waals surface area (Å²) in [5.41, 5.74) is 15.0. The van der Waals surface area contributed by atoms with Crippen molar-refractivity contribution in [3.8, 4) is 0 Å². The van der Waals surface area contributed by atoms with Gasteiger partial charge in [-0.25, -0.2) is 0 Å². The zero-order valence-corrected chi connectivity index (χ0v) is 6.77. The Balaban J connectivity index is 0. The maximum absolute atomic E-state index is 5.17. The van der Waals surface area contributed by atoms with Crippen molar-refractivity contribution in [2.45, 2.75) is 6.42 Å². The summed E-state index contributed by atoms with van der Waals surface area (Å²) in [6.07, 6.45) is 1.08. The maximum atomic E-state index is 5.17. The average molecular weight is 148 g/mol. The molecule has 0 atom stereocenters. The van der Waals surface area contributed by atoms with Crippen molar-refractivity contribution in [3.63, 3.8) is 0 Å². The third-order valence-corrected chi connectivity index (χ3v) is 0.798. The average Bonchev–Trinajstić information content (AvgIpc) is 2.01. The second-order valence-electron chi connectivity index (χ2n) is 1.82. The molecular formula is C6H20N4. The van der Waals surface area contributed by atoms with Gasteiger partial charge in [-0.1, -0.05) is 0 Å². The van der Waals surface area contributed by atoms with Crippen molar-refractivity contribution < 1.29 is 0 Å². The number of hydrogen-bond acceptors (Lipinski definition) is 4. The van der Waals surface area contributed by atoms with Gasteiger partial charge in [0.1, 0.15) is 0 Å². The molecule has 0 aliphatic heterocycles. The molecule has 0 spiro atoms. The zero-order chi connectivity index (χ0) is 8.24. The van der Waals surface area contributed by atoms with Crippen LogP contribution in [0.2, 0.25) is 0 Å². The molecule has 0 unspecified atom stereocenters. The largest absolute Gasteiger partial charge is 0.330 e. The van der Waals surface area contributed by atoms with Gasteiger partial charge in [0.15, 0.2) is 0 Å². The number of hydrogen-bond donors (Lipinski definition) is 4. The summed E-state index contributed by atoms with van der Waals surface area (Å²) >= 11 is 0. The highest BCUT2D eigenvalue weighted by molar-refractivity contribution is 4.38. The van der Waals surface area contributed by atoms with Crippen molar-refractivity contribution in [1.29, 1.82) is 0 Å². The molecular weight excluding hydrogens is 128 g/mol. The molecule has 0 heterocycles. The van der Waals surface area contributed by atoms with Crippen LogP contribution in [-0.4, -0.2) is 33.2 Å². The van der Waals surface area contributed by atoms with E-state index in [0.29, 0.717) is 13.1 Å². The Labute approximate surface area is 63.1 Å². The van der Waals surface area contributed by atoms with E-state index in [1.54, 1.807) is 0 Å². The Bertz CT molecular complexity index is 34.7. The second kappa shape index (κ2) is 15.9. The van der Waals surface area contributed by atoms with Gasteiger partial charge in [0, 0.05) is 13.1 Å². The molecule has 4 heteroatoms. The predicted octanol–water partition coefficient (Wildman–Crippen LogP) is -1.54. The minimum atomic E-state index is 0.597. The van der Waals surface area contributed by atoms with Crippen molar-refractivity contribution in [2.24, 2.45) is 17.2 Å². The first-order valence-corrected chi connectivity index (χ1v) is 3.58. The van der Waals surface area contributed by atoms with Gasteiger partial charge >= 0.3 is 0 Å². The van der Waals surface area contributed by atoms with Crippen LogP contribution in [0.1, 0.15) is 6.42 Å². The van der Waals surface area contributed by atoms with Crippen LogP contribution in [0.3, 0.4) is 0 Å². The van der Waals surface area contributed by atoms with E-state index in [4.69, 9.17) is 17.2 Å². The summed E-state index contributed by atoms with van der Waals surface area (Å²) in [6.45, 7) is 3.03. The van der Waals surface area contributed by atoms with Gasteiger partial charge < -0.3 is 22.5 Å². The van der Waals surface area contributed by atoms with Crippen LogP contribution in [0, 0.1) is 0 Å². The van der Waals surface area contributed by atoms with Gasteiger partial charge in [-0.15, -0.1) is 0 Å². The standard InChI is InChI=1S/C4H12N2.C2H8N2/c1-6-4-2-3-5;3-1-2-4/h6H,2-5H2,1H3;1-4H2. The summed E-state index contributed by atoms with van der Waals surface area (Å²) < 4.78 is 0. The molecule has 0 radical (unpaired) electrons. The fourth-order valence-electron chi connectivity index (χ4n) is 0.279. The Morgan fingerprint density at radius 1 is 1.00 bits per heavy atom. The zero-order valence-electron chi connectivity index (χ0n) is 6.77. The Kier molecular flexibility index (Phi) is 19.9. The van der Waals surface area contributed by atoms with Crippen LogP contribution in [0.4, 0.5) is 0 Å². The number of rotatable bonds is 4. The number of nitrogens with two attached hydrogens (primary N) is 3. The molecule has 0 aromatic heterocycles. The third kappa shape index (κ3) is 24.9. The van der Waals surface area contributed by atoms with Crippen LogP contribution in [0.25, 0.3) is 0 Å². The Morgan fingerprint density at radius 2 is 1.50 bits per heavy atom. The fourth-order valence-corrected chi connectivity index (χ4v) is 0.279. The summed E-state index contributed by atoms with van der Waals surface area (Å²) in [5, 5.41) is 2.99. The minimum Gasteiger partial charge on any atom is -0.330 e. The topological polar surface area (TPSA) is 90.1 Å². The minimum absolute atomic E-state index is 0.597. The van der Waals surface area contributed by atoms with E-state index in [1.807, 2.05) is 7.05 Å². The molecule has 0 fully saturated rings. The molecule has 0 rings (SSSR count). The Hall–Kier alpha value is -0.160. The van der Waals surface area contributed by atoms with Crippen LogP contribution in [0.5, 0.6) is 0 Å². The molecule has 0 amide bonds. The predicted molar refractivity (Wildman–Crippen MR) is 45.7 cm³/mol. The molecule has 10 heavy (non-hydrogen) atoms. The highest BCUT2D eigenvalue weighted by Gasteiger charge is 1.73. The molecule has 0 aliphatic rings. The summed E-state index contributed by atoms with van der Waals surface area (Å²) in [6, 6.07) is 0. The normalized spacial score (nSPS) is 8.40. The lowest BCUT2D eigenvalue weighted by molar-refractivity contribution is 0.733. The van der Waals surface area contributed by atoms with Gasteiger partial charge in [0.2, 0.25) is 0 Å². The first-order valence-electron chi connectivity index (χ1n) is 3.58. The summed E-state index contributed by atoms with van der Waals surface area (Å²) in [4.78, 5) is 0. The molecule has 0 saturated heterocycles. The van der Waals surface area contributed by atoms with E-state index in [9.17, 15) is 0 Å². The smallest absolute Gasteiger partial charge is 0.00461 e. The van der Waals surface area contributed by atoms with Gasteiger partial charge in [-0.3, -0.25) is 0 Å². The van der Waals surface area contributed by atoms with E-state index < -0.39 is 0 Å². The lowest BCUT2D eigenvalue weighted by Gasteiger charge is -1.90. The second-order valence-corrected chi connectivity index (χ2v) is 1.82. The lowest BCUT2D eigenvalue weighted by atomic mass is 10.4. The van der Waals surface area contributed by atoms with Crippen molar-refractivity contribution >= 4 is 0 Å². The molecule has 64 valence electrons. The fraction of sp³-hybridized carbons (Fsp3) is 1.00. The SMILES string of the molecule is CNCCCN.NCCN. The van der Waals surface area contributed by atoms with Gasteiger partial charge in [-0.2, -0.15) is 0 Å². The van der Waals surface area contributed by atoms with Crippen LogP contribution in [-0.2, 0) is 0 Å². The monoisotopic (exact) mass is 148 g/mol. The highest BCUT2D eigenvalue weighted by Crippen LogP contribution is 1.63. The third-order valence-electron chi connectivity index (χ3n) is 0.798. The van der Waals surface area contributed by atoms with Crippen LogP contribution in [0.15, 0.2) is 0 Å². The van der Waals surface area contributed by atoms with Gasteiger partial charge in [-0.05, 0) is 26.6 Å². The number of nitrogens with one attached hydrogen (secondary N) is 1. The van der Waals surface area contributed by atoms with Crippen molar-refractivity contribution in [3.05, 3.63) is 0 Å². The van der Waals surface area contributed by atoms with E-state index in [2.05, 4.69) is 5.32 Å². The highest BCUT2D eigenvalue weighted by atomic mass is 14.8. The lowest BCUT2D eigenvalue weighted by Crippen LogP contribution is -2.12. The van der Waals surface area contributed by atoms with E-state index in [1.165, 1.54) is 0 Å². The quantitative estimate of drug-likeness (QED) is 0.364. The molecule has 0 aromatic carbocycles. The van der Waals surface area contributed by atoms with Crippen molar-refractivity contribution in [2.75, 3.05) is 33.2 Å². The summed E-state index contributed by atoms with van der Waals surface area (Å²) in [7, 11) is 1.93. The molecule has 0 aromatic rings. The Morgan fingerprint density at radius 3 is 1.60 bits per heavy atom.